The molecule has 0 radical (unpaired) electrons. The van der Waals surface area contributed by atoms with Gasteiger partial charge in [0.2, 0.25) is 0 Å². The summed E-state index contributed by atoms with van der Waals surface area (Å²) < 4.78 is 6.16. The van der Waals surface area contributed by atoms with Gasteiger partial charge in [-0.1, -0.05) is 8.02 Å². The van der Waals surface area contributed by atoms with Crippen LogP contribution in [0.25, 0.3) is 0 Å². The number of methoxy groups -OCH3 is 1. The lowest BCUT2D eigenvalue weighted by Gasteiger charge is -2.08. The molecular weight excluding hydrogens is 261 g/mol. The summed E-state index contributed by atoms with van der Waals surface area (Å²) in [5.74, 6) is -0.495. The fraction of sp³-hybridized carbons (Fsp3) is 0.444. The van der Waals surface area contributed by atoms with E-state index in [-0.39, 0.29) is 6.04 Å². The number of nitrogens with two attached hydrogens (primary N) is 1. The number of hydrogen-bond donors (Lipinski definition) is 1. The first-order valence-electron chi connectivity index (χ1n) is 4.81. The second-order valence-corrected chi connectivity index (χ2v) is 6.18. The van der Waals surface area contributed by atoms with Crippen molar-refractivity contribution < 1.29 is 14.3 Å². The highest BCUT2D eigenvalue weighted by atomic mass is 32.5. The number of carbonyl (C=O) groups excluding carboxylic acids is 2. The number of carbonyl (C=O) groups is 2. The van der Waals surface area contributed by atoms with Gasteiger partial charge in [0, 0.05) is 12.1 Å². The molecule has 0 bridgehead atoms. The predicted molar refractivity (Wildman–Crippen MR) is 67.5 cm³/mol. The van der Waals surface area contributed by atoms with Crippen LogP contribution in [-0.4, -0.2) is 28.1 Å². The van der Waals surface area contributed by atoms with Crippen molar-refractivity contribution in [1.29, 1.82) is 0 Å². The molecule has 0 aliphatic rings. The molecule has 1 aromatic heterocycles. The minimum Gasteiger partial charge on any atom is -0.464 e. The Balaban J connectivity index is 3.26. The van der Waals surface area contributed by atoms with Crippen molar-refractivity contribution in [3.63, 3.8) is 0 Å². The van der Waals surface area contributed by atoms with E-state index in [9.17, 15) is 9.59 Å². The zero-order chi connectivity index (χ0) is 13.2. The summed E-state index contributed by atoms with van der Waals surface area (Å²) in [7, 11) is 3.49. The fourth-order valence-corrected chi connectivity index (χ4v) is 2.13. The van der Waals surface area contributed by atoms with E-state index in [2.05, 4.69) is 17.9 Å². The summed E-state index contributed by atoms with van der Waals surface area (Å²) in [6.07, 6.45) is 0. The van der Waals surface area contributed by atoms with Gasteiger partial charge in [0.1, 0.15) is 10.7 Å². The van der Waals surface area contributed by atoms with Gasteiger partial charge in [0.25, 0.3) is 5.24 Å². The molecule has 6 nitrogen and oxygen atoms in total. The van der Waals surface area contributed by atoms with Crippen molar-refractivity contribution in [2.24, 2.45) is 5.73 Å². The molecule has 0 aromatic carbocycles. The van der Waals surface area contributed by atoms with Gasteiger partial charge in [0.05, 0.1) is 7.11 Å². The van der Waals surface area contributed by atoms with Gasteiger partial charge >= 0.3 is 5.97 Å². The van der Waals surface area contributed by atoms with Gasteiger partial charge in [-0.2, -0.15) is 5.10 Å². The number of aromatic nitrogens is 2. The third-order valence-corrected chi connectivity index (χ3v) is 4.26. The largest absolute Gasteiger partial charge is 0.464 e. The van der Waals surface area contributed by atoms with Crippen LogP contribution < -0.4 is 5.73 Å². The molecule has 94 valence electrons. The number of rotatable bonds is 3. The van der Waals surface area contributed by atoms with Crippen LogP contribution in [0.5, 0.6) is 0 Å². The molecule has 17 heavy (non-hydrogen) atoms. The number of esters is 1. The second-order valence-electron chi connectivity index (χ2n) is 3.52. The molecule has 1 atom stereocenters. The quantitative estimate of drug-likeness (QED) is 0.666. The highest BCUT2D eigenvalue weighted by Crippen LogP contribution is 2.16. The third-order valence-electron chi connectivity index (χ3n) is 2.01. The summed E-state index contributed by atoms with van der Waals surface area (Å²) in [6, 6.07) is 1.49. The molecule has 8 heteroatoms. The Labute approximate surface area is 103 Å². The molecule has 0 saturated carbocycles. The molecule has 0 saturated heterocycles. The van der Waals surface area contributed by atoms with Crippen LogP contribution in [-0.2, 0) is 14.8 Å². The van der Waals surface area contributed by atoms with Gasteiger partial charge in [0.15, 0.2) is 0 Å². The van der Waals surface area contributed by atoms with E-state index >= 15 is 0 Å². The van der Waals surface area contributed by atoms with Crippen molar-refractivity contribution in [2.75, 3.05) is 7.11 Å². The molecule has 0 fully saturated rings. The van der Waals surface area contributed by atoms with Crippen LogP contribution in [0.2, 0.25) is 0 Å². The first-order valence-corrected chi connectivity index (χ1v) is 7.26. The van der Waals surface area contributed by atoms with E-state index in [1.807, 2.05) is 13.8 Å². The minimum absolute atomic E-state index is 0.0191. The Morgan fingerprint density at radius 2 is 2.18 bits per heavy atom. The lowest BCUT2D eigenvalue weighted by atomic mass is 10.3. The lowest BCUT2D eigenvalue weighted by molar-refractivity contribution is 0.0584. The van der Waals surface area contributed by atoms with Gasteiger partial charge in [-0.25, -0.2) is 4.79 Å². The summed E-state index contributed by atoms with van der Waals surface area (Å²) in [6.45, 7) is 3.75. The van der Waals surface area contributed by atoms with E-state index in [4.69, 9.17) is 5.73 Å². The van der Waals surface area contributed by atoms with Gasteiger partial charge in [-0.05, 0) is 23.9 Å². The van der Waals surface area contributed by atoms with Gasteiger partial charge in [-0.3, -0.25) is 9.48 Å². The van der Waals surface area contributed by atoms with Gasteiger partial charge < -0.3 is 10.5 Å². The Kier molecular flexibility index (Phi) is 4.42. The van der Waals surface area contributed by atoms with Crippen molar-refractivity contribution in [3.8, 4) is 0 Å². The predicted octanol–water partition coefficient (Wildman–Crippen LogP) is 1.36. The minimum atomic E-state index is -1.00. The van der Waals surface area contributed by atoms with E-state index in [0.29, 0.717) is 10.7 Å². The van der Waals surface area contributed by atoms with Crippen LogP contribution in [0.15, 0.2) is 11.1 Å². The van der Waals surface area contributed by atoms with E-state index in [1.54, 1.807) is 0 Å². The highest BCUT2D eigenvalue weighted by molar-refractivity contribution is 8.26. The number of nitrogens with zero attached hydrogens (tertiary/aromatic N) is 2. The van der Waals surface area contributed by atoms with Gasteiger partial charge in [-0.15, -0.1) is 0 Å². The van der Waals surface area contributed by atoms with Crippen molar-refractivity contribution >= 4 is 29.3 Å². The molecule has 0 spiro atoms. The second kappa shape index (κ2) is 5.42. The molecule has 1 aromatic rings. The highest BCUT2D eigenvalue weighted by Gasteiger charge is 2.20. The molecule has 2 N–H and O–H groups in total. The molecule has 0 aliphatic carbocycles. The Morgan fingerprint density at radius 3 is 2.59 bits per heavy atom. The first kappa shape index (κ1) is 13.9. The number of primary amides is 1. The lowest BCUT2D eigenvalue weighted by Crippen LogP contribution is -2.15. The molecule has 1 heterocycles. The number of hydrogen-bond acceptors (Lipinski definition) is 4. The van der Waals surface area contributed by atoms with E-state index < -0.39 is 21.3 Å². The summed E-state index contributed by atoms with van der Waals surface area (Å²) in [4.78, 5) is 22.6. The number of ether oxygens (including phenoxy) is 1. The van der Waals surface area contributed by atoms with Crippen LogP contribution in [0.3, 0.4) is 0 Å². The molecule has 1 unspecified atom stereocenters. The van der Waals surface area contributed by atoms with Crippen LogP contribution in [0, 0.1) is 0 Å². The summed E-state index contributed by atoms with van der Waals surface area (Å²) in [5, 5.41) is 4.06. The van der Waals surface area contributed by atoms with Crippen molar-refractivity contribution in [2.45, 2.75) is 24.9 Å². The molecule has 1 amide bonds. The maximum atomic E-state index is 11.5. The van der Waals surface area contributed by atoms with Crippen molar-refractivity contribution in [3.05, 3.63) is 11.8 Å². The van der Waals surface area contributed by atoms with Crippen LogP contribution >= 0.6 is 8.02 Å². The zero-order valence-electron chi connectivity index (χ0n) is 9.76. The maximum Gasteiger partial charge on any atom is 0.356 e. The SMILES string of the molecule is COC(=O)c1cc(S(=P)C(N)=O)nn1C(C)C. The van der Waals surface area contributed by atoms with E-state index in [1.165, 1.54) is 17.9 Å². The first-order chi connectivity index (χ1) is 7.88. The number of amides is 1. The molecule has 1 rings (SSSR count). The van der Waals surface area contributed by atoms with Crippen molar-refractivity contribution in [1.82, 2.24) is 9.78 Å². The molecular formula is C9H14N3O3PS. The smallest absolute Gasteiger partial charge is 0.356 e. The Bertz CT molecular complexity index is 484. The normalized spacial score (nSPS) is 12.5. The fourth-order valence-electron chi connectivity index (χ4n) is 1.23. The Hall–Kier alpha value is -1.20. The van der Waals surface area contributed by atoms with E-state index in [0.717, 1.165) is 0 Å². The summed E-state index contributed by atoms with van der Waals surface area (Å²) in [5.41, 5.74) is 5.47. The average molecular weight is 275 g/mol. The monoisotopic (exact) mass is 275 g/mol. The standard InChI is InChI=1S/C9H14N3O3PS/c1-5(2)12-6(8(13)15-3)4-7(11-12)17(16)9(10)14/h4-5,16H,1-3H3,(H2,10,14). The topological polar surface area (TPSA) is 87.2 Å². The summed E-state index contributed by atoms with van der Waals surface area (Å²) >= 11 is 0. The van der Waals surface area contributed by atoms with Crippen LogP contribution in [0.1, 0.15) is 30.4 Å². The maximum absolute atomic E-state index is 11.5. The zero-order valence-corrected chi connectivity index (χ0v) is 11.6. The third kappa shape index (κ3) is 2.92. The van der Waals surface area contributed by atoms with Crippen LogP contribution in [0.4, 0.5) is 4.79 Å². The Morgan fingerprint density at radius 1 is 1.59 bits per heavy atom. The molecule has 0 aliphatic heterocycles. The average Bonchev–Trinajstić information content (AvgIpc) is 2.71.